The number of nitrogens with zero attached hydrogens (tertiary/aromatic N) is 1. The molecule has 0 fully saturated rings. The molecule has 3 heteroatoms. The molecule has 0 bridgehead atoms. The number of hydrogen-bond acceptors (Lipinski definition) is 2. The van der Waals surface area contributed by atoms with E-state index in [0.717, 1.165) is 22.3 Å². The molecule has 1 amide bonds. The summed E-state index contributed by atoms with van der Waals surface area (Å²) in [5.74, 6) is -0.473. The molecular weight excluding hydrogens is 224 g/mol. The summed E-state index contributed by atoms with van der Waals surface area (Å²) in [4.78, 5) is 15.3. The quantitative estimate of drug-likeness (QED) is 0.825. The van der Waals surface area contributed by atoms with Crippen LogP contribution in [0.5, 0.6) is 0 Å². The Hall–Kier alpha value is -2.16. The highest BCUT2D eigenvalue weighted by atomic mass is 16.1. The maximum atomic E-state index is 11.4. The van der Waals surface area contributed by atoms with Gasteiger partial charge in [-0.05, 0) is 43.5 Å². The van der Waals surface area contributed by atoms with Crippen molar-refractivity contribution in [2.24, 2.45) is 5.73 Å². The Morgan fingerprint density at radius 3 is 2.56 bits per heavy atom. The fraction of sp³-hybridized carbons (Fsp3) is 0.200. The van der Waals surface area contributed by atoms with Crippen molar-refractivity contribution in [2.45, 2.75) is 20.8 Å². The van der Waals surface area contributed by atoms with Gasteiger partial charge < -0.3 is 5.73 Å². The number of aromatic nitrogens is 1. The van der Waals surface area contributed by atoms with Gasteiger partial charge in [0.25, 0.3) is 5.91 Å². The zero-order valence-electron chi connectivity index (χ0n) is 11.0. The molecule has 0 unspecified atom stereocenters. The van der Waals surface area contributed by atoms with E-state index in [1.54, 1.807) is 12.3 Å². The summed E-state index contributed by atoms with van der Waals surface area (Å²) in [7, 11) is 0. The molecule has 0 spiro atoms. The molecule has 3 nitrogen and oxygen atoms in total. The SMILES string of the molecule is C=C(C)/C(C)=C\C(=CC)c1ccncc1C(N)=O. The van der Waals surface area contributed by atoms with Crippen molar-refractivity contribution in [2.75, 3.05) is 0 Å². The van der Waals surface area contributed by atoms with Crippen molar-refractivity contribution in [1.29, 1.82) is 0 Å². The van der Waals surface area contributed by atoms with Gasteiger partial charge in [-0.25, -0.2) is 0 Å². The Balaban J connectivity index is 3.32. The smallest absolute Gasteiger partial charge is 0.250 e. The van der Waals surface area contributed by atoms with Crippen LogP contribution in [-0.2, 0) is 0 Å². The predicted octanol–water partition coefficient (Wildman–Crippen LogP) is 3.11. The third-order valence-corrected chi connectivity index (χ3v) is 2.75. The lowest BCUT2D eigenvalue weighted by molar-refractivity contribution is 0.0999. The number of allylic oxidation sites excluding steroid dienone is 5. The maximum Gasteiger partial charge on any atom is 0.250 e. The van der Waals surface area contributed by atoms with Gasteiger partial charge in [0, 0.05) is 12.4 Å². The molecule has 1 aromatic heterocycles. The van der Waals surface area contributed by atoms with Crippen molar-refractivity contribution in [3.8, 4) is 0 Å². The molecule has 0 radical (unpaired) electrons. The summed E-state index contributed by atoms with van der Waals surface area (Å²) < 4.78 is 0. The molecule has 94 valence electrons. The van der Waals surface area contributed by atoms with E-state index in [0.29, 0.717) is 5.56 Å². The lowest BCUT2D eigenvalue weighted by Gasteiger charge is -2.08. The van der Waals surface area contributed by atoms with Gasteiger partial charge in [-0.2, -0.15) is 0 Å². The second kappa shape index (κ2) is 5.96. The number of primary amides is 1. The third kappa shape index (κ3) is 3.17. The second-order valence-corrected chi connectivity index (χ2v) is 4.14. The topological polar surface area (TPSA) is 56.0 Å². The predicted molar refractivity (Wildman–Crippen MR) is 75.0 cm³/mol. The van der Waals surface area contributed by atoms with Gasteiger partial charge in [-0.3, -0.25) is 9.78 Å². The summed E-state index contributed by atoms with van der Waals surface area (Å²) in [6.07, 6.45) is 7.07. The van der Waals surface area contributed by atoms with Gasteiger partial charge in [0.05, 0.1) is 5.56 Å². The Kier molecular flexibility index (Phi) is 4.60. The van der Waals surface area contributed by atoms with Crippen LogP contribution >= 0.6 is 0 Å². The Bertz CT molecular complexity index is 539. The van der Waals surface area contributed by atoms with Crippen molar-refractivity contribution < 1.29 is 4.79 Å². The molecule has 0 aromatic carbocycles. The van der Waals surface area contributed by atoms with Crippen LogP contribution in [0.1, 0.15) is 36.7 Å². The van der Waals surface area contributed by atoms with Crippen LogP contribution in [0.4, 0.5) is 0 Å². The van der Waals surface area contributed by atoms with Gasteiger partial charge in [0.1, 0.15) is 0 Å². The van der Waals surface area contributed by atoms with Gasteiger partial charge in [-0.1, -0.05) is 24.3 Å². The zero-order chi connectivity index (χ0) is 13.7. The second-order valence-electron chi connectivity index (χ2n) is 4.14. The molecule has 1 aromatic rings. The Morgan fingerprint density at radius 2 is 2.06 bits per heavy atom. The highest BCUT2D eigenvalue weighted by molar-refractivity contribution is 5.99. The molecule has 0 atom stereocenters. The molecule has 18 heavy (non-hydrogen) atoms. The number of amides is 1. The number of rotatable bonds is 4. The summed E-state index contributed by atoms with van der Waals surface area (Å²) in [6.45, 7) is 9.74. The summed E-state index contributed by atoms with van der Waals surface area (Å²) >= 11 is 0. The number of carbonyl (C=O) groups excluding carboxylic acids is 1. The normalized spacial score (nSPS) is 12.4. The van der Waals surface area contributed by atoms with Crippen LogP contribution < -0.4 is 5.73 Å². The summed E-state index contributed by atoms with van der Waals surface area (Å²) in [6, 6.07) is 1.79. The first kappa shape index (κ1) is 13.9. The van der Waals surface area contributed by atoms with Crippen molar-refractivity contribution in [3.05, 3.63) is 59.5 Å². The number of pyridine rings is 1. The minimum absolute atomic E-state index is 0.427. The van der Waals surface area contributed by atoms with E-state index in [4.69, 9.17) is 5.73 Å². The van der Waals surface area contributed by atoms with Crippen LogP contribution in [0.3, 0.4) is 0 Å². The first-order valence-corrected chi connectivity index (χ1v) is 5.72. The first-order chi connectivity index (χ1) is 8.47. The largest absolute Gasteiger partial charge is 0.366 e. The number of nitrogens with two attached hydrogens (primary N) is 1. The molecule has 2 N–H and O–H groups in total. The van der Waals surface area contributed by atoms with E-state index in [1.165, 1.54) is 6.20 Å². The fourth-order valence-electron chi connectivity index (χ4n) is 1.52. The van der Waals surface area contributed by atoms with Gasteiger partial charge in [0.2, 0.25) is 0 Å². The van der Waals surface area contributed by atoms with Crippen LogP contribution in [0.25, 0.3) is 5.57 Å². The summed E-state index contributed by atoms with van der Waals surface area (Å²) in [5.41, 5.74) is 9.56. The van der Waals surface area contributed by atoms with Crippen molar-refractivity contribution >= 4 is 11.5 Å². The average Bonchev–Trinajstić information content (AvgIpc) is 2.35. The zero-order valence-corrected chi connectivity index (χ0v) is 11.0. The third-order valence-electron chi connectivity index (χ3n) is 2.75. The molecule has 0 aliphatic carbocycles. The molecule has 0 aliphatic rings. The van der Waals surface area contributed by atoms with Crippen molar-refractivity contribution in [3.63, 3.8) is 0 Å². The molecular formula is C15H18N2O. The van der Waals surface area contributed by atoms with E-state index in [9.17, 15) is 4.79 Å². The molecule has 1 heterocycles. The number of carbonyl (C=O) groups is 1. The van der Waals surface area contributed by atoms with E-state index in [1.807, 2.05) is 32.9 Å². The Morgan fingerprint density at radius 1 is 1.39 bits per heavy atom. The van der Waals surface area contributed by atoms with E-state index in [-0.39, 0.29) is 0 Å². The minimum Gasteiger partial charge on any atom is -0.366 e. The Labute approximate surface area is 108 Å². The van der Waals surface area contributed by atoms with Crippen LogP contribution in [0, 0.1) is 0 Å². The van der Waals surface area contributed by atoms with Gasteiger partial charge >= 0.3 is 0 Å². The lowest BCUT2D eigenvalue weighted by atomic mass is 9.98. The lowest BCUT2D eigenvalue weighted by Crippen LogP contribution is -2.13. The first-order valence-electron chi connectivity index (χ1n) is 5.72. The highest BCUT2D eigenvalue weighted by Gasteiger charge is 2.10. The van der Waals surface area contributed by atoms with E-state index in [2.05, 4.69) is 11.6 Å². The van der Waals surface area contributed by atoms with Crippen LogP contribution in [0.2, 0.25) is 0 Å². The molecule has 0 saturated heterocycles. The van der Waals surface area contributed by atoms with E-state index < -0.39 is 5.91 Å². The fourth-order valence-corrected chi connectivity index (χ4v) is 1.52. The standard InChI is InChI=1S/C15H18N2O/c1-5-12(8-11(4)10(2)3)13-6-7-17-9-14(13)15(16)18/h5-9H,2H2,1,3-4H3,(H2,16,18)/b11-8-,12-5?. The van der Waals surface area contributed by atoms with Crippen LogP contribution in [-0.4, -0.2) is 10.9 Å². The minimum atomic E-state index is -0.473. The molecule has 1 rings (SSSR count). The average molecular weight is 242 g/mol. The van der Waals surface area contributed by atoms with Crippen molar-refractivity contribution in [1.82, 2.24) is 4.98 Å². The molecule has 0 saturated carbocycles. The van der Waals surface area contributed by atoms with Crippen LogP contribution in [0.15, 0.2) is 48.3 Å². The summed E-state index contributed by atoms with van der Waals surface area (Å²) in [5, 5.41) is 0. The monoisotopic (exact) mass is 242 g/mol. The van der Waals surface area contributed by atoms with Gasteiger partial charge in [0.15, 0.2) is 0 Å². The molecule has 0 aliphatic heterocycles. The van der Waals surface area contributed by atoms with Gasteiger partial charge in [-0.15, -0.1) is 0 Å². The van der Waals surface area contributed by atoms with E-state index >= 15 is 0 Å². The number of hydrogen-bond donors (Lipinski definition) is 1. The highest BCUT2D eigenvalue weighted by Crippen LogP contribution is 2.22. The maximum absolute atomic E-state index is 11.4.